The largest absolute Gasteiger partial charge is 0.317 e. The number of nitrogens with zero attached hydrogens (tertiary/aromatic N) is 1. The Morgan fingerprint density at radius 3 is 1.91 bits per heavy atom. The van der Waals surface area contributed by atoms with E-state index in [1.54, 1.807) is 7.05 Å². The number of hydrogen-bond donors (Lipinski definition) is 1. The van der Waals surface area contributed by atoms with Gasteiger partial charge in [-0.2, -0.15) is 4.31 Å². The van der Waals surface area contributed by atoms with Crippen molar-refractivity contribution >= 4 is 32.3 Å². The quantitative estimate of drug-likeness (QED) is 0.853. The van der Waals surface area contributed by atoms with Crippen molar-refractivity contribution in [1.29, 1.82) is 0 Å². The Kier molecular flexibility index (Phi) is 6.40. The Balaban J connectivity index is 0.00000242. The third-order valence-electron chi connectivity index (χ3n) is 3.75. The lowest BCUT2D eigenvalue weighted by atomic mass is 10.1. The molecule has 9 heteroatoms. The molecule has 0 amide bonds. The maximum atomic E-state index is 12.5. The van der Waals surface area contributed by atoms with Crippen LogP contribution in [0.5, 0.6) is 0 Å². The highest BCUT2D eigenvalue weighted by Gasteiger charge is 2.29. The second kappa shape index (κ2) is 7.27. The summed E-state index contributed by atoms with van der Waals surface area (Å²) >= 11 is 0. The van der Waals surface area contributed by atoms with E-state index in [-0.39, 0.29) is 28.2 Å². The highest BCUT2D eigenvalue weighted by atomic mass is 35.5. The van der Waals surface area contributed by atoms with Crippen molar-refractivity contribution < 1.29 is 16.8 Å². The molecule has 2 rings (SSSR count). The molecule has 1 aromatic rings. The van der Waals surface area contributed by atoms with Gasteiger partial charge in [0, 0.05) is 19.3 Å². The highest BCUT2D eigenvalue weighted by Crippen LogP contribution is 2.22. The first-order valence-corrected chi connectivity index (χ1v) is 10.0. The predicted molar refractivity (Wildman–Crippen MR) is 87.6 cm³/mol. The lowest BCUT2D eigenvalue weighted by Crippen LogP contribution is -2.43. The molecule has 126 valence electrons. The second-order valence-electron chi connectivity index (χ2n) is 5.25. The van der Waals surface area contributed by atoms with Crippen LogP contribution in [0.2, 0.25) is 0 Å². The molecule has 1 saturated heterocycles. The van der Waals surface area contributed by atoms with Gasteiger partial charge in [-0.1, -0.05) is 0 Å². The van der Waals surface area contributed by atoms with Gasteiger partial charge in [0.15, 0.2) is 9.84 Å². The van der Waals surface area contributed by atoms with E-state index in [1.807, 2.05) is 0 Å². The molecule has 0 saturated carbocycles. The van der Waals surface area contributed by atoms with E-state index in [0.717, 1.165) is 32.2 Å². The molecule has 0 atom stereocenters. The van der Waals surface area contributed by atoms with Crippen LogP contribution in [0, 0.1) is 0 Å². The SMILES string of the molecule is CN(C1CCNCC1)S(=O)(=O)c1ccc(S(C)(=O)=O)cc1.Cl. The van der Waals surface area contributed by atoms with E-state index in [2.05, 4.69) is 5.32 Å². The first-order valence-electron chi connectivity index (χ1n) is 6.72. The van der Waals surface area contributed by atoms with Gasteiger partial charge in [-0.15, -0.1) is 12.4 Å². The summed E-state index contributed by atoms with van der Waals surface area (Å²) < 4.78 is 49.3. The first kappa shape index (κ1) is 19.4. The Hall–Kier alpha value is -0.670. The molecule has 22 heavy (non-hydrogen) atoms. The summed E-state index contributed by atoms with van der Waals surface area (Å²) in [6, 6.07) is 5.34. The number of halogens is 1. The van der Waals surface area contributed by atoms with Gasteiger partial charge >= 0.3 is 0 Å². The molecule has 0 unspecified atom stereocenters. The number of sulfone groups is 1. The monoisotopic (exact) mass is 368 g/mol. The summed E-state index contributed by atoms with van der Waals surface area (Å²) in [5.41, 5.74) is 0. The lowest BCUT2D eigenvalue weighted by Gasteiger charge is -2.30. The molecule has 1 aromatic carbocycles. The van der Waals surface area contributed by atoms with Crippen LogP contribution < -0.4 is 5.32 Å². The molecule has 0 aliphatic carbocycles. The Morgan fingerprint density at radius 1 is 1.00 bits per heavy atom. The summed E-state index contributed by atoms with van der Waals surface area (Å²) in [6.45, 7) is 1.61. The van der Waals surface area contributed by atoms with Crippen molar-refractivity contribution in [2.24, 2.45) is 0 Å². The van der Waals surface area contributed by atoms with Crippen LogP contribution in [0.3, 0.4) is 0 Å². The van der Waals surface area contributed by atoms with Crippen molar-refractivity contribution in [2.45, 2.75) is 28.7 Å². The van der Waals surface area contributed by atoms with E-state index in [0.29, 0.717) is 0 Å². The third-order valence-corrected chi connectivity index (χ3v) is 6.80. The predicted octanol–water partition coefficient (Wildman–Crippen LogP) is 0.884. The molecular weight excluding hydrogens is 348 g/mol. The summed E-state index contributed by atoms with van der Waals surface area (Å²) in [5, 5.41) is 3.20. The van der Waals surface area contributed by atoms with Gasteiger partial charge in [0.2, 0.25) is 10.0 Å². The minimum absolute atomic E-state index is 0. The van der Waals surface area contributed by atoms with Gasteiger partial charge in [-0.3, -0.25) is 0 Å². The summed E-state index contributed by atoms with van der Waals surface area (Å²) in [6.07, 6.45) is 2.64. The second-order valence-corrected chi connectivity index (χ2v) is 9.26. The van der Waals surface area contributed by atoms with Crippen molar-refractivity contribution in [3.05, 3.63) is 24.3 Å². The van der Waals surface area contributed by atoms with Gasteiger partial charge in [-0.05, 0) is 50.2 Å². The smallest absolute Gasteiger partial charge is 0.243 e. The maximum absolute atomic E-state index is 12.5. The Labute approximate surface area is 138 Å². The lowest BCUT2D eigenvalue weighted by molar-refractivity contribution is 0.296. The molecule has 1 aliphatic rings. The summed E-state index contributed by atoms with van der Waals surface area (Å²) in [5.74, 6) is 0. The standard InChI is InChI=1S/C13H20N2O4S2.ClH/c1-15(11-7-9-14-10-8-11)21(18,19)13-5-3-12(4-6-13)20(2,16)17;/h3-6,11,14H,7-10H2,1-2H3;1H. The topological polar surface area (TPSA) is 83.6 Å². The average molecular weight is 369 g/mol. The van der Waals surface area contributed by atoms with Crippen LogP contribution >= 0.6 is 12.4 Å². The zero-order valence-electron chi connectivity index (χ0n) is 12.5. The van der Waals surface area contributed by atoms with Crippen LogP contribution in [-0.2, 0) is 19.9 Å². The fraction of sp³-hybridized carbons (Fsp3) is 0.538. The molecule has 6 nitrogen and oxygen atoms in total. The van der Waals surface area contributed by atoms with E-state index < -0.39 is 19.9 Å². The number of benzene rings is 1. The van der Waals surface area contributed by atoms with Gasteiger partial charge in [-0.25, -0.2) is 16.8 Å². The number of sulfonamides is 1. The molecule has 1 fully saturated rings. The van der Waals surface area contributed by atoms with Crippen LogP contribution in [-0.4, -0.2) is 53.6 Å². The molecule has 0 bridgehead atoms. The highest BCUT2D eigenvalue weighted by molar-refractivity contribution is 7.90. The van der Waals surface area contributed by atoms with E-state index in [1.165, 1.54) is 28.6 Å². The fourth-order valence-corrected chi connectivity index (χ4v) is 4.44. The molecule has 1 aliphatic heterocycles. The Morgan fingerprint density at radius 2 is 1.45 bits per heavy atom. The number of rotatable bonds is 4. The minimum atomic E-state index is -3.59. The zero-order valence-corrected chi connectivity index (χ0v) is 15.0. The molecule has 0 radical (unpaired) electrons. The van der Waals surface area contributed by atoms with Crippen LogP contribution in [0.1, 0.15) is 12.8 Å². The molecule has 1 heterocycles. The third kappa shape index (κ3) is 4.20. The molecule has 0 aromatic heterocycles. The van der Waals surface area contributed by atoms with Crippen molar-refractivity contribution in [2.75, 3.05) is 26.4 Å². The van der Waals surface area contributed by atoms with Crippen LogP contribution in [0.25, 0.3) is 0 Å². The molecule has 1 N–H and O–H groups in total. The molecular formula is C13H21ClN2O4S2. The average Bonchev–Trinajstić information content (AvgIpc) is 2.46. The van der Waals surface area contributed by atoms with Crippen molar-refractivity contribution in [3.63, 3.8) is 0 Å². The summed E-state index contributed by atoms with van der Waals surface area (Å²) in [4.78, 5) is 0.238. The zero-order chi connectivity index (χ0) is 15.7. The van der Waals surface area contributed by atoms with E-state index >= 15 is 0 Å². The number of hydrogen-bond acceptors (Lipinski definition) is 5. The normalized spacial score (nSPS) is 17.2. The van der Waals surface area contributed by atoms with Gasteiger partial charge < -0.3 is 5.32 Å². The van der Waals surface area contributed by atoms with Crippen molar-refractivity contribution in [1.82, 2.24) is 9.62 Å². The first-order chi connectivity index (χ1) is 9.73. The van der Waals surface area contributed by atoms with Crippen LogP contribution in [0.15, 0.2) is 34.1 Å². The van der Waals surface area contributed by atoms with E-state index in [4.69, 9.17) is 0 Å². The number of nitrogens with one attached hydrogen (secondary N) is 1. The summed E-state index contributed by atoms with van der Waals surface area (Å²) in [7, 11) is -5.33. The molecule has 0 spiro atoms. The van der Waals surface area contributed by atoms with Gasteiger partial charge in [0.05, 0.1) is 9.79 Å². The maximum Gasteiger partial charge on any atom is 0.243 e. The van der Waals surface area contributed by atoms with Crippen molar-refractivity contribution in [3.8, 4) is 0 Å². The Bertz CT molecular complexity index is 696. The van der Waals surface area contributed by atoms with Gasteiger partial charge in [0.1, 0.15) is 0 Å². The van der Waals surface area contributed by atoms with Gasteiger partial charge in [0.25, 0.3) is 0 Å². The number of piperidine rings is 1. The van der Waals surface area contributed by atoms with Crippen LogP contribution in [0.4, 0.5) is 0 Å². The fourth-order valence-electron chi connectivity index (χ4n) is 2.39. The minimum Gasteiger partial charge on any atom is -0.317 e. The van der Waals surface area contributed by atoms with E-state index in [9.17, 15) is 16.8 Å².